The number of para-hydroxylation sites is 1. The maximum Gasteiger partial charge on any atom is 0.152 e. The van der Waals surface area contributed by atoms with Crippen LogP contribution in [-0.4, -0.2) is 24.1 Å². The molecule has 2 heterocycles. The Kier molecular flexibility index (Phi) is 3.15. The molecule has 0 atom stereocenters. The number of rotatable bonds is 3. The molecule has 0 unspecified atom stereocenters. The van der Waals surface area contributed by atoms with Crippen molar-refractivity contribution in [3.63, 3.8) is 0 Å². The first kappa shape index (κ1) is 11.5. The minimum atomic E-state index is 0.661. The highest BCUT2D eigenvalue weighted by Crippen LogP contribution is 2.23. The quantitative estimate of drug-likeness (QED) is 0.776. The molecule has 0 N–H and O–H groups in total. The van der Waals surface area contributed by atoms with Gasteiger partial charge < -0.3 is 9.30 Å². The van der Waals surface area contributed by atoms with Gasteiger partial charge in [-0.3, -0.25) is 4.79 Å². The third kappa shape index (κ3) is 2.06. The summed E-state index contributed by atoms with van der Waals surface area (Å²) in [5.41, 5.74) is 1.85. The first-order valence-corrected chi connectivity index (χ1v) is 6.49. The molecule has 0 amide bonds. The second-order valence-corrected chi connectivity index (χ2v) is 4.93. The summed E-state index contributed by atoms with van der Waals surface area (Å²) in [6.45, 7) is 2.71. The smallest absolute Gasteiger partial charge is 0.152 e. The van der Waals surface area contributed by atoms with E-state index in [2.05, 4.69) is 22.9 Å². The standard InChI is InChI=1S/C15H17NO2/c17-11-14-3-1-2-13-4-7-16(15(13)14)10-12-5-8-18-9-6-12/h1-4,7,11-12H,5-6,8-10H2. The van der Waals surface area contributed by atoms with E-state index in [1.807, 2.05) is 12.1 Å². The summed E-state index contributed by atoms with van der Waals surface area (Å²) in [5, 5.41) is 1.15. The minimum absolute atomic E-state index is 0.661. The van der Waals surface area contributed by atoms with E-state index in [4.69, 9.17) is 4.74 Å². The molecule has 0 aliphatic carbocycles. The first-order valence-electron chi connectivity index (χ1n) is 6.49. The van der Waals surface area contributed by atoms with Gasteiger partial charge in [0.2, 0.25) is 0 Å². The van der Waals surface area contributed by atoms with Crippen LogP contribution in [0.3, 0.4) is 0 Å². The van der Waals surface area contributed by atoms with Crippen molar-refractivity contribution < 1.29 is 9.53 Å². The molecule has 3 heteroatoms. The zero-order valence-corrected chi connectivity index (χ0v) is 10.3. The number of carbonyl (C=O) groups excluding carboxylic acids is 1. The lowest BCUT2D eigenvalue weighted by atomic mass is 10.0. The predicted octanol–water partition coefficient (Wildman–Crippen LogP) is 2.88. The van der Waals surface area contributed by atoms with Gasteiger partial charge in [-0.15, -0.1) is 0 Å². The second kappa shape index (κ2) is 4.94. The summed E-state index contributed by atoms with van der Waals surface area (Å²) in [6.07, 6.45) is 5.27. The van der Waals surface area contributed by atoms with Crippen molar-refractivity contribution in [1.29, 1.82) is 0 Å². The van der Waals surface area contributed by atoms with Gasteiger partial charge >= 0.3 is 0 Å². The number of hydrogen-bond acceptors (Lipinski definition) is 2. The maximum absolute atomic E-state index is 11.1. The molecule has 1 aromatic carbocycles. The van der Waals surface area contributed by atoms with Crippen LogP contribution < -0.4 is 0 Å². The minimum Gasteiger partial charge on any atom is -0.381 e. The highest BCUT2D eigenvalue weighted by molar-refractivity contribution is 5.96. The van der Waals surface area contributed by atoms with Gasteiger partial charge in [0.05, 0.1) is 5.52 Å². The molecule has 18 heavy (non-hydrogen) atoms. The number of aldehydes is 1. The third-order valence-electron chi connectivity index (χ3n) is 3.74. The molecule has 0 spiro atoms. The third-order valence-corrected chi connectivity index (χ3v) is 3.74. The highest BCUT2D eigenvalue weighted by atomic mass is 16.5. The number of ether oxygens (including phenoxy) is 1. The zero-order valence-electron chi connectivity index (χ0n) is 10.3. The Bertz CT molecular complexity index is 553. The van der Waals surface area contributed by atoms with Crippen LogP contribution in [0, 0.1) is 5.92 Å². The Morgan fingerprint density at radius 3 is 2.89 bits per heavy atom. The summed E-state index contributed by atoms with van der Waals surface area (Å²) in [7, 11) is 0. The number of carbonyl (C=O) groups is 1. The van der Waals surface area contributed by atoms with E-state index < -0.39 is 0 Å². The summed E-state index contributed by atoms with van der Waals surface area (Å²) < 4.78 is 7.60. The van der Waals surface area contributed by atoms with Crippen molar-refractivity contribution in [2.45, 2.75) is 19.4 Å². The molecule has 0 bridgehead atoms. The normalized spacial score (nSPS) is 17.1. The summed E-state index contributed by atoms with van der Waals surface area (Å²) in [5.74, 6) is 0.661. The fourth-order valence-electron chi connectivity index (χ4n) is 2.75. The van der Waals surface area contributed by atoms with Crippen LogP contribution in [0.2, 0.25) is 0 Å². The summed E-state index contributed by atoms with van der Waals surface area (Å²) in [6, 6.07) is 7.96. The highest BCUT2D eigenvalue weighted by Gasteiger charge is 2.15. The monoisotopic (exact) mass is 243 g/mol. The van der Waals surface area contributed by atoms with Crippen LogP contribution >= 0.6 is 0 Å². The Balaban J connectivity index is 1.93. The van der Waals surface area contributed by atoms with Crippen LogP contribution in [0.5, 0.6) is 0 Å². The molecule has 2 aromatic rings. The van der Waals surface area contributed by atoms with Crippen molar-refractivity contribution >= 4 is 17.2 Å². The van der Waals surface area contributed by atoms with Gasteiger partial charge in [-0.1, -0.05) is 12.1 Å². The zero-order chi connectivity index (χ0) is 12.4. The lowest BCUT2D eigenvalue weighted by Gasteiger charge is -2.23. The topological polar surface area (TPSA) is 31.2 Å². The fourth-order valence-corrected chi connectivity index (χ4v) is 2.75. The maximum atomic E-state index is 11.1. The number of nitrogens with zero attached hydrogens (tertiary/aromatic N) is 1. The van der Waals surface area contributed by atoms with E-state index in [0.29, 0.717) is 5.92 Å². The van der Waals surface area contributed by atoms with Crippen LogP contribution in [0.4, 0.5) is 0 Å². The average molecular weight is 243 g/mol. The lowest BCUT2D eigenvalue weighted by molar-refractivity contribution is 0.0616. The first-order chi connectivity index (χ1) is 8.88. The van der Waals surface area contributed by atoms with E-state index in [0.717, 1.165) is 55.4 Å². The molecule has 1 saturated heterocycles. The number of fused-ring (bicyclic) bond motifs is 1. The van der Waals surface area contributed by atoms with Gasteiger partial charge in [0.1, 0.15) is 0 Å². The second-order valence-electron chi connectivity index (χ2n) is 4.93. The Morgan fingerprint density at radius 1 is 1.28 bits per heavy atom. The summed E-state index contributed by atoms with van der Waals surface area (Å²) >= 11 is 0. The molecular weight excluding hydrogens is 226 g/mol. The molecule has 3 nitrogen and oxygen atoms in total. The van der Waals surface area contributed by atoms with Gasteiger partial charge in [-0.25, -0.2) is 0 Å². The largest absolute Gasteiger partial charge is 0.381 e. The Morgan fingerprint density at radius 2 is 2.11 bits per heavy atom. The number of aromatic nitrogens is 1. The van der Waals surface area contributed by atoms with Crippen LogP contribution in [-0.2, 0) is 11.3 Å². The average Bonchev–Trinajstić information content (AvgIpc) is 2.83. The molecular formula is C15H17NO2. The molecule has 1 fully saturated rings. The molecule has 1 aromatic heterocycles. The Labute approximate surface area is 106 Å². The number of hydrogen-bond donors (Lipinski definition) is 0. The van der Waals surface area contributed by atoms with Crippen LogP contribution in [0.1, 0.15) is 23.2 Å². The van der Waals surface area contributed by atoms with E-state index in [-0.39, 0.29) is 0 Å². The fraction of sp³-hybridized carbons (Fsp3) is 0.400. The van der Waals surface area contributed by atoms with Crippen LogP contribution in [0.25, 0.3) is 10.9 Å². The van der Waals surface area contributed by atoms with E-state index in [1.54, 1.807) is 0 Å². The van der Waals surface area contributed by atoms with Crippen molar-refractivity contribution in [2.24, 2.45) is 5.92 Å². The molecule has 0 saturated carbocycles. The molecule has 3 rings (SSSR count). The van der Waals surface area contributed by atoms with E-state index in [1.165, 1.54) is 0 Å². The van der Waals surface area contributed by atoms with Crippen molar-refractivity contribution in [2.75, 3.05) is 13.2 Å². The molecule has 1 aliphatic rings. The van der Waals surface area contributed by atoms with Gasteiger partial charge in [-0.2, -0.15) is 0 Å². The van der Waals surface area contributed by atoms with E-state index >= 15 is 0 Å². The Hall–Kier alpha value is -1.61. The van der Waals surface area contributed by atoms with Gasteiger partial charge in [0.15, 0.2) is 6.29 Å². The lowest BCUT2D eigenvalue weighted by Crippen LogP contribution is -2.20. The molecule has 1 aliphatic heterocycles. The SMILES string of the molecule is O=Cc1cccc2ccn(CC3CCOCC3)c12. The van der Waals surface area contributed by atoms with E-state index in [9.17, 15) is 4.79 Å². The van der Waals surface area contributed by atoms with Crippen molar-refractivity contribution in [1.82, 2.24) is 4.57 Å². The van der Waals surface area contributed by atoms with Crippen LogP contribution in [0.15, 0.2) is 30.5 Å². The van der Waals surface area contributed by atoms with Gasteiger partial charge in [0, 0.05) is 36.9 Å². The molecule has 94 valence electrons. The van der Waals surface area contributed by atoms with Gasteiger partial charge in [0.25, 0.3) is 0 Å². The van der Waals surface area contributed by atoms with Crippen molar-refractivity contribution in [3.05, 3.63) is 36.0 Å². The van der Waals surface area contributed by atoms with Crippen molar-refractivity contribution in [3.8, 4) is 0 Å². The summed E-state index contributed by atoms with van der Waals surface area (Å²) in [4.78, 5) is 11.1. The predicted molar refractivity (Wildman–Crippen MR) is 70.9 cm³/mol. The molecule has 0 radical (unpaired) electrons. The number of benzene rings is 1. The van der Waals surface area contributed by atoms with Gasteiger partial charge in [-0.05, 0) is 30.9 Å².